The van der Waals surface area contributed by atoms with Crippen molar-refractivity contribution in [2.45, 2.75) is 0 Å². The molecule has 0 unspecified atom stereocenters. The average Bonchev–Trinajstić information content (AvgIpc) is 2.61. The topological polar surface area (TPSA) is 60.9 Å². The zero-order valence-corrected chi connectivity index (χ0v) is 13.3. The van der Waals surface area contributed by atoms with Crippen LogP contribution in [0.15, 0.2) is 54.6 Å². The number of carbonyl (C=O) groups excluding carboxylic acids is 2. The van der Waals surface area contributed by atoms with Crippen LogP contribution in [0.2, 0.25) is 0 Å². The summed E-state index contributed by atoms with van der Waals surface area (Å²) in [7, 11) is 3.34. The molecule has 0 spiro atoms. The maximum atomic E-state index is 12.5. The third-order valence-electron chi connectivity index (χ3n) is 3.61. The second-order valence-corrected chi connectivity index (χ2v) is 5.23. The minimum Gasteiger partial charge on any atom is -0.395 e. The Kier molecular flexibility index (Phi) is 5.49. The van der Waals surface area contributed by atoms with Crippen LogP contribution in [0.4, 0.5) is 5.69 Å². The molecular formula is C18H20N2O3. The van der Waals surface area contributed by atoms with Crippen molar-refractivity contribution >= 4 is 17.5 Å². The molecule has 0 heterocycles. The van der Waals surface area contributed by atoms with Gasteiger partial charge in [-0.3, -0.25) is 9.59 Å². The summed E-state index contributed by atoms with van der Waals surface area (Å²) >= 11 is 0. The number of carbonyl (C=O) groups is 2. The molecule has 120 valence electrons. The molecule has 0 fully saturated rings. The van der Waals surface area contributed by atoms with E-state index in [0.717, 1.165) is 5.69 Å². The van der Waals surface area contributed by atoms with Gasteiger partial charge in [-0.05, 0) is 36.4 Å². The fraction of sp³-hybridized carbons (Fsp3) is 0.222. The molecule has 2 aromatic rings. The third kappa shape index (κ3) is 3.96. The van der Waals surface area contributed by atoms with Gasteiger partial charge in [-0.1, -0.05) is 18.2 Å². The monoisotopic (exact) mass is 312 g/mol. The van der Waals surface area contributed by atoms with E-state index in [-0.39, 0.29) is 25.0 Å². The number of aliphatic hydroxyl groups is 1. The van der Waals surface area contributed by atoms with Crippen LogP contribution in [-0.2, 0) is 0 Å². The molecule has 2 amide bonds. The summed E-state index contributed by atoms with van der Waals surface area (Å²) < 4.78 is 0. The standard InChI is InChI=1S/C18H20N2O3/c1-19(12-13-21)17(22)14-8-10-15(11-9-14)18(23)20(2)16-6-4-3-5-7-16/h3-11,21H,12-13H2,1-2H3. The highest BCUT2D eigenvalue weighted by molar-refractivity contribution is 6.06. The van der Waals surface area contributed by atoms with Gasteiger partial charge in [0.05, 0.1) is 6.61 Å². The first-order valence-electron chi connectivity index (χ1n) is 7.34. The summed E-state index contributed by atoms with van der Waals surface area (Å²) in [6.07, 6.45) is 0. The van der Waals surface area contributed by atoms with Crippen molar-refractivity contribution in [1.29, 1.82) is 0 Å². The largest absolute Gasteiger partial charge is 0.395 e. The zero-order valence-electron chi connectivity index (χ0n) is 13.3. The molecule has 0 aromatic heterocycles. The van der Waals surface area contributed by atoms with Crippen molar-refractivity contribution in [3.8, 4) is 0 Å². The minimum atomic E-state index is -0.186. The van der Waals surface area contributed by atoms with Gasteiger partial charge in [0, 0.05) is 37.5 Å². The highest BCUT2D eigenvalue weighted by atomic mass is 16.3. The molecule has 2 aromatic carbocycles. The smallest absolute Gasteiger partial charge is 0.258 e. The first-order valence-corrected chi connectivity index (χ1v) is 7.34. The lowest BCUT2D eigenvalue weighted by Crippen LogP contribution is -2.29. The number of likely N-dealkylation sites (N-methyl/N-ethyl adjacent to an activating group) is 1. The Bertz CT molecular complexity index is 668. The van der Waals surface area contributed by atoms with E-state index in [1.165, 1.54) is 4.90 Å². The van der Waals surface area contributed by atoms with Crippen molar-refractivity contribution in [2.24, 2.45) is 0 Å². The van der Waals surface area contributed by atoms with Crippen molar-refractivity contribution in [3.63, 3.8) is 0 Å². The number of para-hydroxylation sites is 1. The number of rotatable bonds is 5. The molecule has 0 radical (unpaired) electrons. The molecule has 0 aliphatic carbocycles. The average molecular weight is 312 g/mol. The van der Waals surface area contributed by atoms with E-state index >= 15 is 0 Å². The molecule has 0 aliphatic rings. The predicted molar refractivity (Wildman–Crippen MR) is 89.7 cm³/mol. The van der Waals surface area contributed by atoms with Crippen molar-refractivity contribution in [3.05, 3.63) is 65.7 Å². The SMILES string of the molecule is CN(CCO)C(=O)c1ccc(C(=O)N(C)c2ccccc2)cc1. The molecule has 0 aliphatic heterocycles. The lowest BCUT2D eigenvalue weighted by molar-refractivity contribution is 0.0766. The van der Waals surface area contributed by atoms with E-state index in [1.807, 2.05) is 30.3 Å². The van der Waals surface area contributed by atoms with E-state index in [9.17, 15) is 9.59 Å². The molecule has 0 atom stereocenters. The molecule has 5 heteroatoms. The third-order valence-corrected chi connectivity index (χ3v) is 3.61. The van der Waals surface area contributed by atoms with Crippen molar-refractivity contribution in [2.75, 3.05) is 32.1 Å². The van der Waals surface area contributed by atoms with Gasteiger partial charge in [-0.25, -0.2) is 0 Å². The maximum absolute atomic E-state index is 12.5. The number of hydrogen-bond acceptors (Lipinski definition) is 3. The second kappa shape index (κ2) is 7.56. The van der Waals surface area contributed by atoms with E-state index in [2.05, 4.69) is 0 Å². The fourth-order valence-corrected chi connectivity index (χ4v) is 2.19. The molecular weight excluding hydrogens is 292 g/mol. The van der Waals surface area contributed by atoms with Gasteiger partial charge in [0.1, 0.15) is 0 Å². The molecule has 5 nitrogen and oxygen atoms in total. The summed E-state index contributed by atoms with van der Waals surface area (Å²) in [4.78, 5) is 27.6. The minimum absolute atomic E-state index is 0.0827. The van der Waals surface area contributed by atoms with Gasteiger partial charge in [0.25, 0.3) is 11.8 Å². The number of amides is 2. The van der Waals surface area contributed by atoms with Crippen LogP contribution < -0.4 is 4.90 Å². The summed E-state index contributed by atoms with van der Waals surface area (Å²) in [5.41, 5.74) is 1.80. The Labute approximate surface area is 135 Å². The molecule has 23 heavy (non-hydrogen) atoms. The Morgan fingerprint density at radius 1 is 0.870 bits per heavy atom. The fourth-order valence-electron chi connectivity index (χ4n) is 2.19. The highest BCUT2D eigenvalue weighted by Crippen LogP contribution is 2.15. The summed E-state index contributed by atoms with van der Waals surface area (Å²) in [5.74, 6) is -0.326. The summed E-state index contributed by atoms with van der Waals surface area (Å²) in [6, 6.07) is 15.9. The van der Waals surface area contributed by atoms with Crippen LogP contribution in [0.25, 0.3) is 0 Å². The second-order valence-electron chi connectivity index (χ2n) is 5.23. The van der Waals surface area contributed by atoms with Gasteiger partial charge in [-0.15, -0.1) is 0 Å². The van der Waals surface area contributed by atoms with Crippen LogP contribution in [0.1, 0.15) is 20.7 Å². The van der Waals surface area contributed by atoms with Gasteiger partial charge >= 0.3 is 0 Å². The Balaban J connectivity index is 2.13. The normalized spacial score (nSPS) is 10.2. The van der Waals surface area contributed by atoms with Crippen LogP contribution in [0.5, 0.6) is 0 Å². The maximum Gasteiger partial charge on any atom is 0.258 e. The van der Waals surface area contributed by atoms with Crippen LogP contribution in [-0.4, -0.2) is 49.1 Å². The first kappa shape index (κ1) is 16.7. The molecule has 2 rings (SSSR count). The quantitative estimate of drug-likeness (QED) is 0.919. The number of benzene rings is 2. The summed E-state index contributed by atoms with van der Waals surface area (Å²) in [6.45, 7) is 0.191. The van der Waals surface area contributed by atoms with E-state index in [0.29, 0.717) is 11.1 Å². The van der Waals surface area contributed by atoms with Crippen molar-refractivity contribution < 1.29 is 14.7 Å². The van der Waals surface area contributed by atoms with Gasteiger partial charge in [0.2, 0.25) is 0 Å². The predicted octanol–water partition coefficient (Wildman–Crippen LogP) is 2.03. The van der Waals surface area contributed by atoms with Crippen molar-refractivity contribution in [1.82, 2.24) is 4.90 Å². The molecule has 0 bridgehead atoms. The zero-order chi connectivity index (χ0) is 16.8. The van der Waals surface area contributed by atoms with Crippen LogP contribution >= 0.6 is 0 Å². The Hall–Kier alpha value is -2.66. The number of nitrogens with zero attached hydrogens (tertiary/aromatic N) is 2. The van der Waals surface area contributed by atoms with E-state index in [1.54, 1.807) is 43.3 Å². The van der Waals surface area contributed by atoms with Crippen LogP contribution in [0.3, 0.4) is 0 Å². The lowest BCUT2D eigenvalue weighted by Gasteiger charge is -2.18. The number of aliphatic hydroxyl groups excluding tert-OH is 1. The van der Waals surface area contributed by atoms with Gasteiger partial charge in [0.15, 0.2) is 0 Å². The van der Waals surface area contributed by atoms with Gasteiger partial charge < -0.3 is 14.9 Å². The highest BCUT2D eigenvalue weighted by Gasteiger charge is 2.15. The number of hydrogen-bond donors (Lipinski definition) is 1. The Morgan fingerprint density at radius 3 is 1.91 bits per heavy atom. The van der Waals surface area contributed by atoms with Crippen LogP contribution in [0, 0.1) is 0 Å². The molecule has 0 saturated carbocycles. The Morgan fingerprint density at radius 2 is 1.39 bits per heavy atom. The molecule has 1 N–H and O–H groups in total. The molecule has 0 saturated heterocycles. The van der Waals surface area contributed by atoms with E-state index < -0.39 is 0 Å². The van der Waals surface area contributed by atoms with E-state index in [4.69, 9.17) is 5.11 Å². The summed E-state index contributed by atoms with van der Waals surface area (Å²) in [5, 5.41) is 8.87. The first-order chi connectivity index (χ1) is 11.0. The lowest BCUT2D eigenvalue weighted by atomic mass is 10.1. The number of anilines is 1. The van der Waals surface area contributed by atoms with Gasteiger partial charge in [-0.2, -0.15) is 0 Å².